The average Bonchev–Trinajstić information content (AvgIpc) is 3.86. The normalized spacial score (nSPS) is 53.9. The van der Waals surface area contributed by atoms with Gasteiger partial charge in [-0.1, -0.05) is 46.3 Å². The second-order valence-electron chi connectivity index (χ2n) is 23.0. The number of ether oxygens (including phenoxy) is 7. The molecular weight excluding hydrogens is 868 g/mol. The van der Waals surface area contributed by atoms with Crippen LogP contribution in [0.3, 0.4) is 0 Å². The zero-order chi connectivity index (χ0) is 48.5. The lowest BCUT2D eigenvalue weighted by Crippen LogP contribution is -2.65. The first-order chi connectivity index (χ1) is 30.7. The van der Waals surface area contributed by atoms with Crippen molar-refractivity contribution in [2.45, 2.75) is 209 Å². The molecule has 8 rings (SSSR count). The summed E-state index contributed by atoms with van der Waals surface area (Å²) in [5.41, 5.74) is -5.50. The molecule has 0 radical (unpaired) electrons. The highest BCUT2D eigenvalue weighted by Crippen LogP contribution is 2.75. The Morgan fingerprint density at radius 2 is 1.42 bits per heavy atom. The summed E-state index contributed by atoms with van der Waals surface area (Å²) < 4.78 is 42.5. The zero-order valence-electron chi connectivity index (χ0n) is 39.4. The molecule has 0 bridgehead atoms. The van der Waals surface area contributed by atoms with Crippen LogP contribution in [0.15, 0.2) is 11.6 Å². The standard InChI is InChI=1S/C47H76O19/c1-41(2)21-9-11-26-43(5)15-23(51)36(45(7)14-13-29(65-45)42(3,4)66-39-33(56)31(54)30(53)24(17-48)61-39)44(43,6)16-27(52)46(26,8)22(21)10-12-28(41)63-38-34(57)32(55)35(25(18-49)62-38)64-40-37(58)47(59,19-50)20-60-40/h9,22-26,28-40,48-51,53-59H,10-20H2,1-8H3/t22-,23+,24-,25-,26+,28+,29+,30-,31+,32-,33-,34-,35-,36+,37+,38+,39+,40+,43+,44-,45+,46+,47-/m1/s1. The van der Waals surface area contributed by atoms with Gasteiger partial charge in [-0.2, -0.15) is 0 Å². The van der Waals surface area contributed by atoms with Crippen LogP contribution < -0.4 is 0 Å². The van der Waals surface area contributed by atoms with Gasteiger partial charge in [0, 0.05) is 23.2 Å². The Morgan fingerprint density at radius 3 is 2.06 bits per heavy atom. The van der Waals surface area contributed by atoms with Crippen molar-refractivity contribution < 1.29 is 94.1 Å². The molecule has 0 amide bonds. The van der Waals surface area contributed by atoms with Crippen LogP contribution in [0.4, 0.5) is 0 Å². The molecule has 4 heterocycles. The number of Topliss-reactive ketones (excluding diaryl/α,β-unsaturated/α-hetero) is 1. The van der Waals surface area contributed by atoms with Gasteiger partial charge in [0.05, 0.1) is 55.9 Å². The lowest BCUT2D eigenvalue weighted by molar-refractivity contribution is -0.341. The van der Waals surface area contributed by atoms with Gasteiger partial charge in [0.2, 0.25) is 0 Å². The van der Waals surface area contributed by atoms with E-state index in [0.29, 0.717) is 38.5 Å². The Morgan fingerprint density at radius 1 is 0.773 bits per heavy atom. The molecule has 0 aromatic rings. The van der Waals surface area contributed by atoms with Crippen molar-refractivity contribution in [1.29, 1.82) is 0 Å². The highest BCUT2D eigenvalue weighted by molar-refractivity contribution is 5.88. The van der Waals surface area contributed by atoms with Gasteiger partial charge in [-0.3, -0.25) is 4.79 Å². The van der Waals surface area contributed by atoms with Crippen LogP contribution >= 0.6 is 0 Å². The van der Waals surface area contributed by atoms with Crippen LogP contribution in [0.1, 0.15) is 100 Å². The molecule has 4 aliphatic carbocycles. The van der Waals surface area contributed by atoms with Crippen LogP contribution in [0, 0.1) is 39.4 Å². The van der Waals surface area contributed by atoms with Crippen molar-refractivity contribution >= 4 is 5.78 Å². The van der Waals surface area contributed by atoms with Gasteiger partial charge in [0.25, 0.3) is 0 Å². The first kappa shape index (κ1) is 51.1. The van der Waals surface area contributed by atoms with Gasteiger partial charge in [-0.25, -0.2) is 0 Å². The third-order valence-corrected chi connectivity index (χ3v) is 18.6. The Bertz CT molecular complexity index is 1830. The van der Waals surface area contributed by atoms with Crippen LogP contribution in [0.25, 0.3) is 0 Å². The molecule has 66 heavy (non-hydrogen) atoms. The van der Waals surface area contributed by atoms with E-state index in [-0.39, 0.29) is 24.0 Å². The number of carbonyl (C=O) groups is 1. The van der Waals surface area contributed by atoms with E-state index in [1.165, 1.54) is 0 Å². The summed E-state index contributed by atoms with van der Waals surface area (Å²) >= 11 is 0. The Balaban J connectivity index is 0.975. The highest BCUT2D eigenvalue weighted by atomic mass is 16.7. The number of aliphatic hydroxyl groups excluding tert-OH is 10. The Labute approximate surface area is 385 Å². The molecular formula is C47H76O19. The molecule has 0 unspecified atom stereocenters. The molecule has 0 aromatic heterocycles. The molecule has 7 fully saturated rings. The second kappa shape index (κ2) is 17.5. The summed E-state index contributed by atoms with van der Waals surface area (Å²) in [6.07, 6.45) is -13.9. The number of carbonyl (C=O) groups excluding carboxylic acids is 1. The molecule has 4 saturated heterocycles. The van der Waals surface area contributed by atoms with Crippen LogP contribution in [-0.2, 0) is 38.0 Å². The maximum atomic E-state index is 15.2. The van der Waals surface area contributed by atoms with E-state index in [1.54, 1.807) is 13.8 Å². The van der Waals surface area contributed by atoms with Crippen molar-refractivity contribution in [1.82, 2.24) is 0 Å². The summed E-state index contributed by atoms with van der Waals surface area (Å²) in [6.45, 7) is 13.6. The third-order valence-electron chi connectivity index (χ3n) is 18.6. The van der Waals surface area contributed by atoms with E-state index in [2.05, 4.69) is 26.8 Å². The predicted molar refractivity (Wildman–Crippen MR) is 227 cm³/mol. The fourth-order valence-electron chi connectivity index (χ4n) is 14.5. The zero-order valence-corrected chi connectivity index (χ0v) is 39.4. The number of ketones is 1. The molecule has 3 saturated carbocycles. The van der Waals surface area contributed by atoms with Crippen LogP contribution in [0.5, 0.6) is 0 Å². The summed E-state index contributed by atoms with van der Waals surface area (Å²) in [5.74, 6) is -0.574. The van der Waals surface area contributed by atoms with Gasteiger partial charge in [0.15, 0.2) is 18.9 Å². The molecule has 23 atom stereocenters. The first-order valence-electron chi connectivity index (χ1n) is 23.8. The fourth-order valence-corrected chi connectivity index (χ4v) is 14.5. The number of rotatable bonds is 11. The molecule has 0 aromatic carbocycles. The van der Waals surface area contributed by atoms with E-state index in [9.17, 15) is 56.2 Å². The molecule has 8 aliphatic rings. The lowest BCUT2D eigenvalue weighted by Gasteiger charge is -2.65. The minimum absolute atomic E-state index is 0.124. The van der Waals surface area contributed by atoms with Gasteiger partial charge in [-0.15, -0.1) is 0 Å². The molecule has 378 valence electrons. The van der Waals surface area contributed by atoms with E-state index in [4.69, 9.17) is 33.2 Å². The molecule has 11 N–H and O–H groups in total. The minimum atomic E-state index is -1.99. The van der Waals surface area contributed by atoms with E-state index in [0.717, 1.165) is 5.57 Å². The van der Waals surface area contributed by atoms with Gasteiger partial charge >= 0.3 is 0 Å². The third kappa shape index (κ3) is 7.64. The van der Waals surface area contributed by atoms with Crippen LogP contribution in [-0.4, -0.2) is 197 Å². The lowest BCUT2D eigenvalue weighted by atomic mass is 9.38. The fraction of sp³-hybridized carbons (Fsp3) is 0.936. The predicted octanol–water partition coefficient (Wildman–Crippen LogP) is -1.08. The number of hydrogen-bond acceptors (Lipinski definition) is 19. The first-order valence-corrected chi connectivity index (χ1v) is 23.8. The van der Waals surface area contributed by atoms with Crippen molar-refractivity contribution in [3.05, 3.63) is 11.6 Å². The smallest absolute Gasteiger partial charge is 0.187 e. The summed E-state index contributed by atoms with van der Waals surface area (Å²) in [5, 5.41) is 117. The summed E-state index contributed by atoms with van der Waals surface area (Å²) in [6, 6.07) is 0. The highest BCUT2D eigenvalue weighted by Gasteiger charge is 2.75. The number of fused-ring (bicyclic) bond motifs is 5. The molecule has 4 aliphatic heterocycles. The van der Waals surface area contributed by atoms with Gasteiger partial charge in [-0.05, 0) is 82.0 Å². The summed E-state index contributed by atoms with van der Waals surface area (Å²) in [4.78, 5) is 15.2. The Kier molecular flexibility index (Phi) is 13.5. The second-order valence-corrected chi connectivity index (χ2v) is 23.0. The van der Waals surface area contributed by atoms with E-state index in [1.807, 2.05) is 20.8 Å². The van der Waals surface area contributed by atoms with Crippen LogP contribution in [0.2, 0.25) is 0 Å². The van der Waals surface area contributed by atoms with Crippen molar-refractivity contribution in [3.63, 3.8) is 0 Å². The number of hydrogen-bond donors (Lipinski definition) is 11. The van der Waals surface area contributed by atoms with E-state index < -0.39 is 163 Å². The largest absolute Gasteiger partial charge is 0.394 e. The average molecular weight is 945 g/mol. The minimum Gasteiger partial charge on any atom is -0.394 e. The SMILES string of the molecule is CC(C)(O[C@@H]1O[C@H](CO)[C@@H](O)[C@H](O)[C@H]1O)[C@@H]1CC[C@@](C)([C@H]2[C@@H](O)C[C@@]3(C)[C@@H]4CC=C5[C@@H](CC[C@H](O[C@@H]6O[C@H](CO)[C@@H](O[C@@H]7OC[C@](O)(CO)[C@H]7O)[C@H](O)[C@H]6O)C5(C)C)[C@]4(C)C(=O)C[C@]23C)O1. The van der Waals surface area contributed by atoms with Crippen molar-refractivity contribution in [3.8, 4) is 0 Å². The number of allylic oxidation sites excluding steroid dienone is 1. The molecule has 19 heteroatoms. The quantitative estimate of drug-likeness (QED) is 0.110. The topological polar surface area (TPSA) is 304 Å². The monoisotopic (exact) mass is 944 g/mol. The van der Waals surface area contributed by atoms with Crippen molar-refractivity contribution in [2.75, 3.05) is 26.4 Å². The maximum absolute atomic E-state index is 15.2. The van der Waals surface area contributed by atoms with E-state index >= 15 is 4.79 Å². The summed E-state index contributed by atoms with van der Waals surface area (Å²) in [7, 11) is 0. The molecule has 0 spiro atoms. The van der Waals surface area contributed by atoms with Gasteiger partial charge < -0.3 is 89.3 Å². The maximum Gasteiger partial charge on any atom is 0.187 e. The Hall–Kier alpha value is -1.31. The van der Waals surface area contributed by atoms with Gasteiger partial charge in [0.1, 0.15) is 66.3 Å². The molecule has 19 nitrogen and oxygen atoms in total. The van der Waals surface area contributed by atoms with Crippen molar-refractivity contribution in [2.24, 2.45) is 39.4 Å². The number of aliphatic hydroxyl groups is 11.